The number of anilines is 1. The second-order valence-corrected chi connectivity index (χ2v) is 6.94. The quantitative estimate of drug-likeness (QED) is 0.521. The Morgan fingerprint density at radius 3 is 2.70 bits per heavy atom. The minimum absolute atomic E-state index is 0.0841. The second-order valence-electron chi connectivity index (χ2n) is 6.94. The van der Waals surface area contributed by atoms with E-state index < -0.39 is 10.8 Å². The van der Waals surface area contributed by atoms with Gasteiger partial charge < -0.3 is 10.6 Å². The highest BCUT2D eigenvalue weighted by molar-refractivity contribution is 6.07. The van der Waals surface area contributed by atoms with Crippen molar-refractivity contribution in [2.45, 2.75) is 19.8 Å². The third kappa shape index (κ3) is 3.17. The van der Waals surface area contributed by atoms with Crippen LogP contribution in [-0.2, 0) is 6.42 Å². The molecule has 0 bridgehead atoms. The summed E-state index contributed by atoms with van der Waals surface area (Å²) in [7, 11) is 0. The minimum Gasteiger partial charge on any atom is -0.366 e. The number of amides is 2. The molecule has 0 radical (unpaired) electrons. The number of nitrogens with two attached hydrogens (primary N) is 1. The molecule has 2 N–H and O–H groups in total. The molecular formula is C20H18N6O4. The highest BCUT2D eigenvalue weighted by atomic mass is 16.6. The van der Waals surface area contributed by atoms with Crippen LogP contribution in [0.4, 0.5) is 11.4 Å². The van der Waals surface area contributed by atoms with Crippen molar-refractivity contribution in [1.29, 1.82) is 0 Å². The molecule has 2 amide bonds. The van der Waals surface area contributed by atoms with E-state index in [1.165, 1.54) is 16.8 Å². The van der Waals surface area contributed by atoms with Gasteiger partial charge in [0.05, 0.1) is 16.3 Å². The maximum absolute atomic E-state index is 13.3. The fourth-order valence-corrected chi connectivity index (χ4v) is 3.70. The number of rotatable bonds is 4. The summed E-state index contributed by atoms with van der Waals surface area (Å²) >= 11 is 0. The van der Waals surface area contributed by atoms with Crippen molar-refractivity contribution >= 4 is 23.2 Å². The molecule has 2 aromatic carbocycles. The lowest BCUT2D eigenvalue weighted by atomic mass is 9.95. The zero-order valence-corrected chi connectivity index (χ0v) is 16.1. The van der Waals surface area contributed by atoms with Crippen LogP contribution >= 0.6 is 0 Å². The Labute approximate surface area is 171 Å². The Balaban J connectivity index is 1.72. The number of nitro groups is 1. The van der Waals surface area contributed by atoms with E-state index in [4.69, 9.17) is 5.73 Å². The summed E-state index contributed by atoms with van der Waals surface area (Å²) in [5, 5.41) is 19.1. The molecule has 152 valence electrons. The summed E-state index contributed by atoms with van der Waals surface area (Å²) in [6.45, 7) is 2.15. The standard InChI is InChI=1S/C20H18N6O4/c1-12-18(22-23-25(12)13-5-2-6-14(11-13)26(29)30)20(28)24-10-4-8-15-16(19(21)27)7-3-9-17(15)24/h2-3,5-7,9,11H,4,8,10H2,1H3,(H2,21,27). The van der Waals surface area contributed by atoms with Crippen molar-refractivity contribution in [2.24, 2.45) is 5.73 Å². The van der Waals surface area contributed by atoms with E-state index >= 15 is 0 Å². The molecule has 3 aromatic rings. The van der Waals surface area contributed by atoms with Gasteiger partial charge in [0.2, 0.25) is 5.91 Å². The van der Waals surface area contributed by atoms with E-state index in [1.807, 2.05) is 0 Å². The fraction of sp³-hybridized carbons (Fsp3) is 0.200. The Morgan fingerprint density at radius 2 is 1.97 bits per heavy atom. The van der Waals surface area contributed by atoms with E-state index in [2.05, 4.69) is 10.3 Å². The first-order valence-corrected chi connectivity index (χ1v) is 9.29. The molecule has 1 aromatic heterocycles. The number of nitro benzene ring substituents is 1. The van der Waals surface area contributed by atoms with Gasteiger partial charge in [-0.2, -0.15) is 0 Å². The van der Waals surface area contributed by atoms with Crippen LogP contribution in [0.15, 0.2) is 42.5 Å². The number of carbonyl (C=O) groups is 2. The number of aromatic nitrogens is 3. The van der Waals surface area contributed by atoms with E-state index in [-0.39, 0.29) is 17.3 Å². The van der Waals surface area contributed by atoms with Gasteiger partial charge in [-0.3, -0.25) is 19.7 Å². The van der Waals surface area contributed by atoms with E-state index in [0.717, 1.165) is 5.56 Å². The van der Waals surface area contributed by atoms with Crippen LogP contribution in [0.5, 0.6) is 0 Å². The molecule has 0 saturated carbocycles. The van der Waals surface area contributed by atoms with Crippen molar-refractivity contribution in [3.63, 3.8) is 0 Å². The summed E-state index contributed by atoms with van der Waals surface area (Å²) in [5.74, 6) is -0.888. The topological polar surface area (TPSA) is 137 Å². The third-order valence-electron chi connectivity index (χ3n) is 5.14. The predicted molar refractivity (Wildman–Crippen MR) is 108 cm³/mol. The van der Waals surface area contributed by atoms with Gasteiger partial charge >= 0.3 is 0 Å². The van der Waals surface area contributed by atoms with E-state index in [1.54, 1.807) is 42.2 Å². The first-order chi connectivity index (χ1) is 14.4. The minimum atomic E-state index is -0.533. The lowest BCUT2D eigenvalue weighted by Gasteiger charge is -2.30. The van der Waals surface area contributed by atoms with Crippen LogP contribution in [0.2, 0.25) is 0 Å². The fourth-order valence-electron chi connectivity index (χ4n) is 3.70. The Bertz CT molecular complexity index is 1190. The number of fused-ring (bicyclic) bond motifs is 1. The molecule has 0 atom stereocenters. The molecule has 0 aliphatic carbocycles. The Morgan fingerprint density at radius 1 is 1.20 bits per heavy atom. The van der Waals surface area contributed by atoms with Gasteiger partial charge in [-0.25, -0.2) is 4.68 Å². The summed E-state index contributed by atoms with van der Waals surface area (Å²) < 4.78 is 1.39. The van der Waals surface area contributed by atoms with Crippen molar-refractivity contribution in [2.75, 3.05) is 11.4 Å². The molecule has 10 nitrogen and oxygen atoms in total. The Hall–Kier alpha value is -4.08. The lowest BCUT2D eigenvalue weighted by Crippen LogP contribution is -2.37. The van der Waals surface area contributed by atoms with Gasteiger partial charge in [-0.05, 0) is 43.5 Å². The smallest absolute Gasteiger partial charge is 0.280 e. The molecule has 0 saturated heterocycles. The van der Waals surface area contributed by atoms with Crippen LogP contribution in [0, 0.1) is 17.0 Å². The summed E-state index contributed by atoms with van der Waals surface area (Å²) in [5.41, 5.74) is 8.20. The molecule has 2 heterocycles. The first-order valence-electron chi connectivity index (χ1n) is 9.29. The highest BCUT2D eigenvalue weighted by Gasteiger charge is 2.29. The van der Waals surface area contributed by atoms with Gasteiger partial charge in [0.15, 0.2) is 5.69 Å². The molecule has 0 spiro atoms. The van der Waals surface area contributed by atoms with Crippen molar-refractivity contribution < 1.29 is 14.5 Å². The van der Waals surface area contributed by atoms with E-state index in [0.29, 0.717) is 42.0 Å². The van der Waals surface area contributed by atoms with Gasteiger partial charge in [0, 0.05) is 29.9 Å². The molecule has 0 unspecified atom stereocenters. The van der Waals surface area contributed by atoms with Gasteiger partial charge in [-0.15, -0.1) is 5.10 Å². The SMILES string of the molecule is Cc1c(C(=O)N2CCCc3c(C(N)=O)cccc32)nnn1-c1cccc([N+](=O)[O-])c1. The molecule has 4 rings (SSSR count). The predicted octanol–water partition coefficient (Wildman–Crippen LogP) is 2.18. The average molecular weight is 406 g/mol. The zero-order chi connectivity index (χ0) is 21.4. The summed E-state index contributed by atoms with van der Waals surface area (Å²) in [4.78, 5) is 37.1. The van der Waals surface area contributed by atoms with E-state index in [9.17, 15) is 19.7 Å². The molecule has 1 aliphatic heterocycles. The monoisotopic (exact) mass is 406 g/mol. The summed E-state index contributed by atoms with van der Waals surface area (Å²) in [6.07, 6.45) is 1.33. The molecular weight excluding hydrogens is 388 g/mol. The Kier molecular flexibility index (Phi) is 4.74. The number of hydrogen-bond acceptors (Lipinski definition) is 6. The highest BCUT2D eigenvalue weighted by Crippen LogP contribution is 2.31. The number of benzene rings is 2. The maximum atomic E-state index is 13.3. The lowest BCUT2D eigenvalue weighted by molar-refractivity contribution is -0.384. The van der Waals surface area contributed by atoms with Gasteiger partial charge in [0.25, 0.3) is 11.6 Å². The number of carbonyl (C=O) groups excluding carboxylic acids is 2. The first kappa shape index (κ1) is 19.2. The van der Waals surface area contributed by atoms with Crippen LogP contribution in [0.1, 0.15) is 38.5 Å². The van der Waals surface area contributed by atoms with Crippen molar-refractivity contribution in [3.8, 4) is 5.69 Å². The average Bonchev–Trinajstić information content (AvgIpc) is 3.13. The van der Waals surface area contributed by atoms with Crippen LogP contribution in [0.3, 0.4) is 0 Å². The van der Waals surface area contributed by atoms with Crippen molar-refractivity contribution in [3.05, 3.63) is 75.1 Å². The summed E-state index contributed by atoms with van der Waals surface area (Å²) in [6, 6.07) is 11.1. The van der Waals surface area contributed by atoms with Crippen LogP contribution in [-0.4, -0.2) is 38.3 Å². The molecule has 1 aliphatic rings. The number of primary amides is 1. The van der Waals surface area contributed by atoms with Crippen molar-refractivity contribution in [1.82, 2.24) is 15.0 Å². The number of non-ortho nitro benzene ring substituents is 1. The number of hydrogen-bond donors (Lipinski definition) is 1. The van der Waals surface area contributed by atoms with Crippen LogP contribution in [0.25, 0.3) is 5.69 Å². The molecule has 30 heavy (non-hydrogen) atoms. The second kappa shape index (κ2) is 7.39. The molecule has 0 fully saturated rings. The van der Waals surface area contributed by atoms with Crippen LogP contribution < -0.4 is 10.6 Å². The third-order valence-corrected chi connectivity index (χ3v) is 5.14. The maximum Gasteiger partial charge on any atom is 0.280 e. The number of nitrogens with zero attached hydrogens (tertiary/aromatic N) is 5. The zero-order valence-electron chi connectivity index (χ0n) is 16.1. The normalized spacial score (nSPS) is 13.0. The largest absolute Gasteiger partial charge is 0.366 e. The van der Waals surface area contributed by atoms with Gasteiger partial charge in [0.1, 0.15) is 0 Å². The van der Waals surface area contributed by atoms with Gasteiger partial charge in [-0.1, -0.05) is 17.3 Å². The molecule has 10 heteroatoms.